The Kier molecular flexibility index (Phi) is 6.17. The molecule has 1 aromatic carbocycles. The number of ether oxygens (including phenoxy) is 2. The lowest BCUT2D eigenvalue weighted by molar-refractivity contribution is -0.115. The second kappa shape index (κ2) is 8.55. The molecule has 0 saturated carbocycles. The van der Waals surface area contributed by atoms with E-state index in [1.54, 1.807) is 18.2 Å². The van der Waals surface area contributed by atoms with Gasteiger partial charge in [-0.25, -0.2) is 0 Å². The normalized spacial score (nSPS) is 13.2. The van der Waals surface area contributed by atoms with Crippen LogP contribution in [0.4, 0.5) is 5.13 Å². The second-order valence-electron chi connectivity index (χ2n) is 5.15. The van der Waals surface area contributed by atoms with Crippen LogP contribution in [0, 0.1) is 0 Å². The fourth-order valence-electron chi connectivity index (χ4n) is 2.18. The third-order valence-electron chi connectivity index (χ3n) is 3.20. The van der Waals surface area contributed by atoms with Crippen LogP contribution >= 0.6 is 34.7 Å². The number of anilines is 1. The van der Waals surface area contributed by atoms with Gasteiger partial charge in [0.15, 0.2) is 15.8 Å². The number of carbonyl (C=O) groups is 1. The molecule has 0 unspecified atom stereocenters. The first-order valence-corrected chi connectivity index (χ1v) is 9.79. The molecule has 1 aromatic heterocycles. The van der Waals surface area contributed by atoms with E-state index < -0.39 is 0 Å². The van der Waals surface area contributed by atoms with Crippen molar-refractivity contribution in [1.82, 2.24) is 10.2 Å². The highest BCUT2D eigenvalue weighted by Crippen LogP contribution is 2.38. The monoisotopic (exact) mass is 397 g/mol. The number of aromatic nitrogens is 2. The third kappa shape index (κ3) is 4.87. The van der Waals surface area contributed by atoms with E-state index in [1.807, 2.05) is 0 Å². The van der Waals surface area contributed by atoms with E-state index in [0.717, 1.165) is 22.1 Å². The molecule has 2 heterocycles. The van der Waals surface area contributed by atoms with Crippen molar-refractivity contribution >= 4 is 45.7 Å². The van der Waals surface area contributed by atoms with Gasteiger partial charge in [0.05, 0.1) is 24.7 Å². The average molecular weight is 398 g/mol. The van der Waals surface area contributed by atoms with Gasteiger partial charge in [-0.2, -0.15) is 0 Å². The summed E-state index contributed by atoms with van der Waals surface area (Å²) in [6.45, 7) is 4.79. The summed E-state index contributed by atoms with van der Waals surface area (Å²) in [5, 5.41) is 11.6. The predicted octanol–water partition coefficient (Wildman–Crippen LogP) is 3.81. The number of benzene rings is 1. The molecule has 0 fully saturated rings. The van der Waals surface area contributed by atoms with Gasteiger partial charge in [-0.15, -0.1) is 16.8 Å². The van der Waals surface area contributed by atoms with Gasteiger partial charge >= 0.3 is 0 Å². The van der Waals surface area contributed by atoms with Gasteiger partial charge in [-0.1, -0.05) is 40.8 Å². The summed E-state index contributed by atoms with van der Waals surface area (Å²) in [6, 6.07) is 3.51. The lowest BCUT2D eigenvalue weighted by atomic mass is 10.1. The molecule has 0 spiro atoms. The second-order valence-corrected chi connectivity index (χ2v) is 7.80. The van der Waals surface area contributed by atoms with E-state index in [9.17, 15) is 4.79 Å². The van der Waals surface area contributed by atoms with Crippen LogP contribution in [-0.2, 0) is 11.2 Å². The maximum absolute atomic E-state index is 12.2. The summed E-state index contributed by atoms with van der Waals surface area (Å²) in [5.41, 5.74) is 0.748. The highest BCUT2D eigenvalue weighted by Gasteiger charge is 2.17. The summed E-state index contributed by atoms with van der Waals surface area (Å²) in [7, 11) is 0. The maximum atomic E-state index is 12.2. The van der Waals surface area contributed by atoms with Crippen LogP contribution in [0.15, 0.2) is 29.1 Å². The summed E-state index contributed by atoms with van der Waals surface area (Å²) in [6.07, 6.45) is 2.74. The van der Waals surface area contributed by atoms with E-state index >= 15 is 0 Å². The number of thioether (sulfide) groups is 1. The summed E-state index contributed by atoms with van der Waals surface area (Å²) in [5.74, 6) is 1.67. The van der Waals surface area contributed by atoms with Crippen LogP contribution in [0.1, 0.15) is 12.0 Å². The fraction of sp³-hybridized carbons (Fsp3) is 0.312. The molecule has 0 atom stereocenters. The van der Waals surface area contributed by atoms with E-state index in [1.165, 1.54) is 23.1 Å². The molecule has 1 N–H and O–H groups in total. The van der Waals surface area contributed by atoms with Crippen LogP contribution in [0.25, 0.3) is 0 Å². The van der Waals surface area contributed by atoms with Crippen molar-refractivity contribution in [3.63, 3.8) is 0 Å². The van der Waals surface area contributed by atoms with Crippen LogP contribution in [-0.4, -0.2) is 35.1 Å². The highest BCUT2D eigenvalue weighted by molar-refractivity contribution is 8.01. The molecule has 0 saturated heterocycles. The van der Waals surface area contributed by atoms with Crippen molar-refractivity contribution in [1.29, 1.82) is 0 Å². The number of hydrogen-bond acceptors (Lipinski definition) is 7. The fourth-order valence-corrected chi connectivity index (χ4v) is 4.00. The topological polar surface area (TPSA) is 73.3 Å². The molecule has 1 aliphatic heterocycles. The third-order valence-corrected chi connectivity index (χ3v) is 5.45. The molecule has 1 amide bonds. The van der Waals surface area contributed by atoms with Gasteiger partial charge in [0.1, 0.15) is 0 Å². The average Bonchev–Trinajstić information content (AvgIpc) is 2.87. The number of nitrogens with zero attached hydrogens (tertiary/aromatic N) is 2. The molecule has 25 heavy (non-hydrogen) atoms. The zero-order chi connectivity index (χ0) is 17.6. The Labute approximate surface area is 158 Å². The van der Waals surface area contributed by atoms with Crippen molar-refractivity contribution in [2.24, 2.45) is 0 Å². The number of rotatable bonds is 6. The van der Waals surface area contributed by atoms with Gasteiger partial charge in [0.25, 0.3) is 0 Å². The molecule has 1 aliphatic rings. The number of carbonyl (C=O) groups excluding carboxylic acids is 1. The summed E-state index contributed by atoms with van der Waals surface area (Å²) >= 11 is 9.10. The molecular formula is C16H16ClN3O3S2. The van der Waals surface area contributed by atoms with Crippen molar-refractivity contribution < 1.29 is 14.3 Å². The lowest BCUT2D eigenvalue weighted by Gasteiger charge is -2.11. The van der Waals surface area contributed by atoms with Crippen LogP contribution in [0.3, 0.4) is 0 Å². The quantitative estimate of drug-likeness (QED) is 0.454. The first-order chi connectivity index (χ1) is 12.2. The van der Waals surface area contributed by atoms with E-state index in [0.29, 0.717) is 34.9 Å². The Morgan fingerprint density at radius 2 is 2.24 bits per heavy atom. The molecule has 0 aliphatic carbocycles. The molecule has 9 heteroatoms. The van der Waals surface area contributed by atoms with Crippen LogP contribution in [0.2, 0.25) is 5.02 Å². The number of fused-ring (bicyclic) bond motifs is 1. The largest absolute Gasteiger partial charge is 0.489 e. The molecule has 132 valence electrons. The molecule has 0 bridgehead atoms. The SMILES string of the molecule is C=CCSc1nnc(NC(=O)Cc2cc(Cl)c3c(c2)OCCCO3)s1. The number of hydrogen-bond donors (Lipinski definition) is 1. The van der Waals surface area contributed by atoms with Crippen molar-refractivity contribution in [3.8, 4) is 11.5 Å². The Balaban J connectivity index is 1.64. The zero-order valence-electron chi connectivity index (χ0n) is 13.3. The van der Waals surface area contributed by atoms with Gasteiger partial charge < -0.3 is 14.8 Å². The van der Waals surface area contributed by atoms with Crippen molar-refractivity contribution in [2.45, 2.75) is 17.2 Å². The first kappa shape index (κ1) is 18.0. The van der Waals surface area contributed by atoms with Gasteiger partial charge in [-0.05, 0) is 17.7 Å². The van der Waals surface area contributed by atoms with Gasteiger partial charge in [0.2, 0.25) is 11.0 Å². The number of amides is 1. The molecule has 2 aromatic rings. The Bertz CT molecular complexity index is 782. The Morgan fingerprint density at radius 1 is 1.40 bits per heavy atom. The molecular weight excluding hydrogens is 382 g/mol. The van der Waals surface area contributed by atoms with E-state index in [2.05, 4.69) is 22.1 Å². The number of nitrogens with one attached hydrogen (secondary N) is 1. The highest BCUT2D eigenvalue weighted by atomic mass is 35.5. The predicted molar refractivity (Wildman–Crippen MR) is 100 cm³/mol. The Hall–Kier alpha value is -1.77. The first-order valence-electron chi connectivity index (χ1n) is 7.61. The summed E-state index contributed by atoms with van der Waals surface area (Å²) in [4.78, 5) is 12.2. The molecule has 0 radical (unpaired) electrons. The lowest BCUT2D eigenvalue weighted by Crippen LogP contribution is -2.14. The smallest absolute Gasteiger partial charge is 0.230 e. The Morgan fingerprint density at radius 3 is 3.08 bits per heavy atom. The minimum Gasteiger partial charge on any atom is -0.489 e. The van der Waals surface area contributed by atoms with Gasteiger partial charge in [0, 0.05) is 12.2 Å². The zero-order valence-corrected chi connectivity index (χ0v) is 15.7. The van der Waals surface area contributed by atoms with Crippen LogP contribution in [0.5, 0.6) is 11.5 Å². The maximum Gasteiger partial charge on any atom is 0.230 e. The van der Waals surface area contributed by atoms with E-state index in [4.69, 9.17) is 21.1 Å². The number of halogens is 1. The van der Waals surface area contributed by atoms with Crippen molar-refractivity contribution in [3.05, 3.63) is 35.4 Å². The minimum atomic E-state index is -0.193. The van der Waals surface area contributed by atoms with Gasteiger partial charge in [-0.3, -0.25) is 4.79 Å². The minimum absolute atomic E-state index is 0.158. The van der Waals surface area contributed by atoms with E-state index in [-0.39, 0.29) is 12.3 Å². The summed E-state index contributed by atoms with van der Waals surface area (Å²) < 4.78 is 12.0. The molecule has 3 rings (SSSR count). The standard InChI is InChI=1S/C16H16ClN3O3S2/c1-2-6-24-16-20-19-15(25-16)18-13(21)9-10-7-11(17)14-12(8-10)22-4-3-5-23-14/h2,7-8H,1,3-6,9H2,(H,18,19,21). The molecule has 6 nitrogen and oxygen atoms in total. The van der Waals surface area contributed by atoms with Crippen LogP contribution < -0.4 is 14.8 Å². The van der Waals surface area contributed by atoms with Crippen molar-refractivity contribution in [2.75, 3.05) is 24.3 Å².